The van der Waals surface area contributed by atoms with Gasteiger partial charge in [-0.25, -0.2) is 0 Å². The van der Waals surface area contributed by atoms with E-state index in [0.717, 1.165) is 6.42 Å². The highest BCUT2D eigenvalue weighted by atomic mass is 16.2. The van der Waals surface area contributed by atoms with E-state index in [1.165, 1.54) is 0 Å². The SMILES string of the molecule is CCN1C(=O)C(C(C)C)NC(=O)C1CC(C)C. The van der Waals surface area contributed by atoms with Crippen LogP contribution in [0.25, 0.3) is 0 Å². The fourth-order valence-corrected chi connectivity index (χ4v) is 2.29. The molecule has 1 aliphatic heterocycles. The third-order valence-corrected chi connectivity index (χ3v) is 3.23. The molecule has 1 aliphatic rings. The second-order valence-corrected chi connectivity index (χ2v) is 5.50. The van der Waals surface area contributed by atoms with Crippen LogP contribution >= 0.6 is 0 Å². The van der Waals surface area contributed by atoms with E-state index < -0.39 is 0 Å². The van der Waals surface area contributed by atoms with E-state index in [0.29, 0.717) is 12.5 Å². The third-order valence-electron chi connectivity index (χ3n) is 3.23. The fourth-order valence-electron chi connectivity index (χ4n) is 2.29. The lowest BCUT2D eigenvalue weighted by molar-refractivity contribution is -0.151. The number of nitrogens with zero attached hydrogens (tertiary/aromatic N) is 1. The first-order valence-electron chi connectivity index (χ1n) is 6.49. The van der Waals surface area contributed by atoms with Crippen molar-refractivity contribution in [2.24, 2.45) is 11.8 Å². The number of likely N-dealkylation sites (N-methyl/N-ethyl adjacent to an activating group) is 1. The van der Waals surface area contributed by atoms with Gasteiger partial charge in [0.25, 0.3) is 0 Å². The van der Waals surface area contributed by atoms with Gasteiger partial charge < -0.3 is 10.2 Å². The van der Waals surface area contributed by atoms with Crippen LogP contribution in [0.4, 0.5) is 0 Å². The molecule has 1 fully saturated rings. The summed E-state index contributed by atoms with van der Waals surface area (Å²) < 4.78 is 0. The number of amides is 2. The van der Waals surface area contributed by atoms with Crippen molar-refractivity contribution in [1.29, 1.82) is 0 Å². The molecule has 2 amide bonds. The van der Waals surface area contributed by atoms with Gasteiger partial charge in [-0.15, -0.1) is 0 Å². The van der Waals surface area contributed by atoms with Gasteiger partial charge in [0.05, 0.1) is 0 Å². The van der Waals surface area contributed by atoms with Crippen LogP contribution in [-0.4, -0.2) is 35.3 Å². The van der Waals surface area contributed by atoms with E-state index in [1.807, 2.05) is 20.8 Å². The van der Waals surface area contributed by atoms with E-state index in [4.69, 9.17) is 0 Å². The first kappa shape index (κ1) is 14.0. The summed E-state index contributed by atoms with van der Waals surface area (Å²) in [6, 6.07) is -0.645. The molecule has 1 N–H and O–H groups in total. The normalized spacial score (nSPS) is 25.7. The molecule has 4 heteroatoms. The van der Waals surface area contributed by atoms with Crippen molar-refractivity contribution in [3.8, 4) is 0 Å². The minimum Gasteiger partial charge on any atom is -0.342 e. The van der Waals surface area contributed by atoms with Crippen molar-refractivity contribution < 1.29 is 9.59 Å². The van der Waals surface area contributed by atoms with Crippen molar-refractivity contribution in [1.82, 2.24) is 10.2 Å². The number of rotatable bonds is 4. The Labute approximate surface area is 104 Å². The Morgan fingerprint density at radius 3 is 2.24 bits per heavy atom. The highest BCUT2D eigenvalue weighted by Crippen LogP contribution is 2.20. The molecule has 4 nitrogen and oxygen atoms in total. The molecule has 0 aromatic heterocycles. The fraction of sp³-hybridized carbons (Fsp3) is 0.846. The molecule has 1 rings (SSSR count). The van der Waals surface area contributed by atoms with Gasteiger partial charge in [0, 0.05) is 6.54 Å². The summed E-state index contributed by atoms with van der Waals surface area (Å²) in [5, 5.41) is 2.86. The van der Waals surface area contributed by atoms with Crippen LogP contribution in [-0.2, 0) is 9.59 Å². The minimum absolute atomic E-state index is 0.00106. The summed E-state index contributed by atoms with van der Waals surface area (Å²) in [5.41, 5.74) is 0. The lowest BCUT2D eigenvalue weighted by Crippen LogP contribution is -2.64. The molecular formula is C13H24N2O2. The van der Waals surface area contributed by atoms with Gasteiger partial charge in [-0.05, 0) is 25.2 Å². The summed E-state index contributed by atoms with van der Waals surface area (Å²) in [7, 11) is 0. The maximum atomic E-state index is 12.2. The zero-order chi connectivity index (χ0) is 13.2. The molecule has 1 saturated heterocycles. The van der Waals surface area contributed by atoms with Crippen molar-refractivity contribution in [3.63, 3.8) is 0 Å². The van der Waals surface area contributed by atoms with Crippen LogP contribution in [0.1, 0.15) is 41.0 Å². The highest BCUT2D eigenvalue weighted by molar-refractivity contribution is 5.97. The molecule has 0 aromatic carbocycles. The van der Waals surface area contributed by atoms with Crippen molar-refractivity contribution in [2.45, 2.75) is 53.1 Å². The summed E-state index contributed by atoms with van der Waals surface area (Å²) in [5.74, 6) is 0.607. The Morgan fingerprint density at radius 1 is 1.24 bits per heavy atom. The van der Waals surface area contributed by atoms with E-state index in [1.54, 1.807) is 4.90 Å². The summed E-state index contributed by atoms with van der Waals surface area (Å²) in [6.07, 6.45) is 0.732. The first-order chi connectivity index (χ1) is 7.88. The molecule has 1 heterocycles. The Hall–Kier alpha value is -1.06. The molecule has 0 aromatic rings. The topological polar surface area (TPSA) is 49.4 Å². The monoisotopic (exact) mass is 240 g/mol. The zero-order valence-corrected chi connectivity index (χ0v) is 11.5. The lowest BCUT2D eigenvalue weighted by Gasteiger charge is -2.40. The second-order valence-electron chi connectivity index (χ2n) is 5.50. The van der Waals surface area contributed by atoms with Crippen molar-refractivity contribution in [2.75, 3.05) is 6.54 Å². The molecule has 98 valence electrons. The smallest absolute Gasteiger partial charge is 0.246 e. The first-order valence-corrected chi connectivity index (χ1v) is 6.49. The van der Waals surface area contributed by atoms with E-state index in [9.17, 15) is 9.59 Å². The average Bonchev–Trinajstić information content (AvgIpc) is 2.22. The summed E-state index contributed by atoms with van der Waals surface area (Å²) in [4.78, 5) is 26.0. The number of carbonyl (C=O) groups is 2. The van der Waals surface area contributed by atoms with Crippen molar-refractivity contribution >= 4 is 11.8 Å². The van der Waals surface area contributed by atoms with Gasteiger partial charge in [0.1, 0.15) is 12.1 Å². The Bertz CT molecular complexity index is 300. The lowest BCUT2D eigenvalue weighted by atomic mass is 9.94. The number of hydrogen-bond donors (Lipinski definition) is 1. The van der Waals surface area contributed by atoms with Crippen LogP contribution in [0, 0.1) is 11.8 Å². The van der Waals surface area contributed by atoms with Crippen molar-refractivity contribution in [3.05, 3.63) is 0 Å². The Balaban J connectivity index is 2.89. The zero-order valence-electron chi connectivity index (χ0n) is 11.5. The highest BCUT2D eigenvalue weighted by Gasteiger charge is 2.40. The third kappa shape index (κ3) is 2.99. The van der Waals surface area contributed by atoms with Crippen LogP contribution in [0.2, 0.25) is 0 Å². The predicted molar refractivity (Wildman–Crippen MR) is 67.4 cm³/mol. The molecule has 0 aliphatic carbocycles. The van der Waals surface area contributed by atoms with Crippen LogP contribution in [0.5, 0.6) is 0 Å². The largest absolute Gasteiger partial charge is 0.342 e. The number of hydrogen-bond acceptors (Lipinski definition) is 2. The molecule has 0 saturated carbocycles. The molecule has 17 heavy (non-hydrogen) atoms. The summed E-state index contributed by atoms with van der Waals surface area (Å²) in [6.45, 7) is 10.6. The quantitative estimate of drug-likeness (QED) is 0.807. The standard InChI is InChI=1S/C13H24N2O2/c1-6-15-10(7-8(2)3)12(16)14-11(9(4)5)13(15)17/h8-11H,6-7H2,1-5H3,(H,14,16). The molecule has 2 atom stereocenters. The molecule has 2 unspecified atom stereocenters. The maximum Gasteiger partial charge on any atom is 0.246 e. The number of piperazine rings is 1. The van der Waals surface area contributed by atoms with E-state index in [-0.39, 0.29) is 29.8 Å². The number of carbonyl (C=O) groups excluding carboxylic acids is 2. The molecular weight excluding hydrogens is 216 g/mol. The molecule has 0 spiro atoms. The van der Waals surface area contributed by atoms with Gasteiger partial charge in [-0.1, -0.05) is 27.7 Å². The Morgan fingerprint density at radius 2 is 1.82 bits per heavy atom. The summed E-state index contributed by atoms with van der Waals surface area (Å²) >= 11 is 0. The predicted octanol–water partition coefficient (Wildman–Crippen LogP) is 1.40. The molecule has 0 bridgehead atoms. The maximum absolute atomic E-state index is 12.2. The second kappa shape index (κ2) is 5.52. The van der Waals surface area contributed by atoms with Crippen LogP contribution < -0.4 is 5.32 Å². The van der Waals surface area contributed by atoms with Crippen LogP contribution in [0.15, 0.2) is 0 Å². The van der Waals surface area contributed by atoms with E-state index >= 15 is 0 Å². The van der Waals surface area contributed by atoms with Gasteiger partial charge in [0.15, 0.2) is 0 Å². The van der Waals surface area contributed by atoms with Crippen LogP contribution in [0.3, 0.4) is 0 Å². The minimum atomic E-state index is -0.356. The average molecular weight is 240 g/mol. The van der Waals surface area contributed by atoms with Gasteiger partial charge in [0.2, 0.25) is 11.8 Å². The van der Waals surface area contributed by atoms with Gasteiger partial charge in [-0.3, -0.25) is 9.59 Å². The van der Waals surface area contributed by atoms with Gasteiger partial charge in [-0.2, -0.15) is 0 Å². The van der Waals surface area contributed by atoms with E-state index in [2.05, 4.69) is 19.2 Å². The molecule has 0 radical (unpaired) electrons. The Kier molecular flexibility index (Phi) is 4.54. The number of nitrogens with one attached hydrogen (secondary N) is 1. The van der Waals surface area contributed by atoms with Gasteiger partial charge >= 0.3 is 0 Å².